The number of carbonyl (C=O) groups excluding carboxylic acids is 2. The van der Waals surface area contributed by atoms with Crippen LogP contribution in [0.5, 0.6) is 11.5 Å². The van der Waals surface area contributed by atoms with Crippen molar-refractivity contribution in [2.75, 3.05) is 25.6 Å². The largest absolute Gasteiger partial charge is 0.454 e. The Balaban J connectivity index is 1.44. The molecule has 1 saturated heterocycles. The second-order valence-electron chi connectivity index (χ2n) is 4.82. The number of fused-ring (bicyclic) bond motifs is 1. The highest BCUT2D eigenvalue weighted by Gasteiger charge is 2.21. The first-order valence-corrected chi connectivity index (χ1v) is 7.78. The summed E-state index contributed by atoms with van der Waals surface area (Å²) in [6.07, 6.45) is 0.330. The molecule has 21 heavy (non-hydrogen) atoms. The SMILES string of the molecule is O=C(CCN1CCSC1=O)NCc1ccc2c(c1)OCO2. The van der Waals surface area contributed by atoms with Gasteiger partial charge in [0.2, 0.25) is 12.7 Å². The zero-order valence-electron chi connectivity index (χ0n) is 11.5. The average Bonchev–Trinajstić information content (AvgIpc) is 3.11. The van der Waals surface area contributed by atoms with Crippen molar-refractivity contribution < 1.29 is 19.1 Å². The van der Waals surface area contributed by atoms with E-state index in [0.717, 1.165) is 23.6 Å². The maximum Gasteiger partial charge on any atom is 0.281 e. The third kappa shape index (κ3) is 3.41. The van der Waals surface area contributed by atoms with Crippen molar-refractivity contribution in [1.29, 1.82) is 0 Å². The molecular weight excluding hydrogens is 292 g/mol. The van der Waals surface area contributed by atoms with Crippen molar-refractivity contribution in [3.05, 3.63) is 23.8 Å². The van der Waals surface area contributed by atoms with Gasteiger partial charge in [-0.15, -0.1) is 0 Å². The number of ether oxygens (including phenoxy) is 2. The fourth-order valence-electron chi connectivity index (χ4n) is 2.21. The number of benzene rings is 1. The van der Waals surface area contributed by atoms with Crippen molar-refractivity contribution in [3.8, 4) is 11.5 Å². The van der Waals surface area contributed by atoms with Gasteiger partial charge in [-0.25, -0.2) is 0 Å². The van der Waals surface area contributed by atoms with Crippen molar-refractivity contribution in [3.63, 3.8) is 0 Å². The number of nitrogens with one attached hydrogen (secondary N) is 1. The lowest BCUT2D eigenvalue weighted by molar-refractivity contribution is -0.121. The van der Waals surface area contributed by atoms with Gasteiger partial charge in [-0.1, -0.05) is 17.8 Å². The van der Waals surface area contributed by atoms with Gasteiger partial charge >= 0.3 is 0 Å². The summed E-state index contributed by atoms with van der Waals surface area (Å²) in [5.74, 6) is 2.20. The van der Waals surface area contributed by atoms with Crippen molar-refractivity contribution in [2.24, 2.45) is 0 Å². The van der Waals surface area contributed by atoms with E-state index in [9.17, 15) is 9.59 Å². The van der Waals surface area contributed by atoms with E-state index in [1.807, 2.05) is 18.2 Å². The number of rotatable bonds is 5. The molecule has 0 atom stereocenters. The fraction of sp³-hybridized carbons (Fsp3) is 0.429. The topological polar surface area (TPSA) is 67.9 Å². The highest BCUT2D eigenvalue weighted by Crippen LogP contribution is 2.32. The van der Waals surface area contributed by atoms with E-state index in [4.69, 9.17) is 9.47 Å². The highest BCUT2D eigenvalue weighted by molar-refractivity contribution is 8.13. The Morgan fingerprint density at radius 2 is 2.19 bits per heavy atom. The molecule has 1 N–H and O–H groups in total. The Hall–Kier alpha value is -1.89. The predicted molar refractivity (Wildman–Crippen MR) is 78.5 cm³/mol. The van der Waals surface area contributed by atoms with Gasteiger partial charge in [-0.05, 0) is 17.7 Å². The molecule has 6 nitrogen and oxygen atoms in total. The number of thioether (sulfide) groups is 1. The summed E-state index contributed by atoms with van der Waals surface area (Å²) in [5.41, 5.74) is 0.959. The molecule has 3 rings (SSSR count). The molecule has 112 valence electrons. The molecular formula is C14H16N2O4S. The van der Waals surface area contributed by atoms with E-state index in [-0.39, 0.29) is 17.9 Å². The minimum Gasteiger partial charge on any atom is -0.454 e. The summed E-state index contributed by atoms with van der Waals surface area (Å²) in [4.78, 5) is 24.9. The zero-order chi connectivity index (χ0) is 14.7. The predicted octanol–water partition coefficient (Wildman–Crippen LogP) is 1.59. The molecule has 0 spiro atoms. The molecule has 0 saturated carbocycles. The van der Waals surface area contributed by atoms with Crippen LogP contribution < -0.4 is 14.8 Å². The smallest absolute Gasteiger partial charge is 0.281 e. The standard InChI is InChI=1S/C14H16N2O4S/c17-13(3-4-16-5-6-21-14(16)18)15-8-10-1-2-11-12(7-10)20-9-19-11/h1-2,7H,3-6,8-9H2,(H,15,17). The van der Waals surface area contributed by atoms with E-state index >= 15 is 0 Å². The van der Waals surface area contributed by atoms with Crippen molar-refractivity contribution in [2.45, 2.75) is 13.0 Å². The maximum atomic E-state index is 11.8. The first-order valence-electron chi connectivity index (χ1n) is 6.79. The number of nitrogens with zero attached hydrogens (tertiary/aromatic N) is 1. The minimum absolute atomic E-state index is 0.0580. The molecule has 0 aromatic heterocycles. The molecule has 0 radical (unpaired) electrons. The first-order chi connectivity index (χ1) is 10.2. The second-order valence-corrected chi connectivity index (χ2v) is 5.86. The van der Waals surface area contributed by atoms with Crippen molar-refractivity contribution >= 4 is 22.9 Å². The molecule has 2 heterocycles. The van der Waals surface area contributed by atoms with E-state index in [2.05, 4.69) is 5.32 Å². The van der Waals surface area contributed by atoms with Crippen LogP contribution in [0.4, 0.5) is 4.79 Å². The minimum atomic E-state index is -0.0580. The summed E-state index contributed by atoms with van der Waals surface area (Å²) in [7, 11) is 0. The van der Waals surface area contributed by atoms with E-state index < -0.39 is 0 Å². The van der Waals surface area contributed by atoms with Gasteiger partial charge in [0.1, 0.15) is 0 Å². The van der Waals surface area contributed by atoms with Crippen LogP contribution in [0.1, 0.15) is 12.0 Å². The lowest BCUT2D eigenvalue weighted by atomic mass is 10.2. The molecule has 2 aliphatic rings. The molecule has 2 amide bonds. The normalized spacial score (nSPS) is 16.4. The van der Waals surface area contributed by atoms with Crippen LogP contribution in [-0.2, 0) is 11.3 Å². The molecule has 7 heteroatoms. The summed E-state index contributed by atoms with van der Waals surface area (Å²) in [6.45, 7) is 1.91. The van der Waals surface area contributed by atoms with Crippen LogP contribution in [0.2, 0.25) is 0 Å². The van der Waals surface area contributed by atoms with Gasteiger partial charge in [0, 0.05) is 31.8 Å². The number of amides is 2. The van der Waals surface area contributed by atoms with E-state index in [0.29, 0.717) is 25.3 Å². The Labute approximate surface area is 126 Å². The van der Waals surface area contributed by atoms with Gasteiger partial charge in [-0.3, -0.25) is 9.59 Å². The quantitative estimate of drug-likeness (QED) is 0.894. The Morgan fingerprint density at radius 3 is 3.00 bits per heavy atom. The van der Waals surface area contributed by atoms with Crippen LogP contribution in [0.3, 0.4) is 0 Å². The molecule has 0 unspecified atom stereocenters. The third-order valence-corrected chi connectivity index (χ3v) is 4.27. The van der Waals surface area contributed by atoms with Crippen LogP contribution in [0.25, 0.3) is 0 Å². The maximum absolute atomic E-state index is 11.8. The Morgan fingerprint density at radius 1 is 1.33 bits per heavy atom. The fourth-order valence-corrected chi connectivity index (χ4v) is 3.06. The first kappa shape index (κ1) is 14.1. The number of hydrogen-bond acceptors (Lipinski definition) is 5. The van der Waals surface area contributed by atoms with Gasteiger partial charge < -0.3 is 19.7 Å². The molecule has 1 aromatic carbocycles. The van der Waals surface area contributed by atoms with Crippen LogP contribution >= 0.6 is 11.8 Å². The zero-order valence-corrected chi connectivity index (χ0v) is 12.3. The summed E-state index contributed by atoms with van der Waals surface area (Å²) in [5, 5.41) is 2.92. The van der Waals surface area contributed by atoms with Crippen LogP contribution in [0.15, 0.2) is 18.2 Å². The van der Waals surface area contributed by atoms with Crippen LogP contribution in [-0.4, -0.2) is 41.7 Å². The molecule has 1 aromatic rings. The molecule has 2 aliphatic heterocycles. The third-order valence-electron chi connectivity index (χ3n) is 3.38. The van der Waals surface area contributed by atoms with Gasteiger partial charge in [0.25, 0.3) is 5.24 Å². The van der Waals surface area contributed by atoms with Gasteiger partial charge in [0.05, 0.1) is 0 Å². The van der Waals surface area contributed by atoms with Crippen LogP contribution in [0, 0.1) is 0 Å². The van der Waals surface area contributed by atoms with E-state index in [1.165, 1.54) is 11.8 Å². The summed E-state index contributed by atoms with van der Waals surface area (Å²) in [6, 6.07) is 5.60. The Bertz CT molecular complexity index is 564. The van der Waals surface area contributed by atoms with Crippen molar-refractivity contribution in [1.82, 2.24) is 10.2 Å². The summed E-state index contributed by atoms with van der Waals surface area (Å²) < 4.78 is 10.5. The Kier molecular flexibility index (Phi) is 4.19. The number of carbonyl (C=O) groups is 2. The molecule has 0 bridgehead atoms. The average molecular weight is 308 g/mol. The lowest BCUT2D eigenvalue weighted by Gasteiger charge is -2.14. The monoisotopic (exact) mass is 308 g/mol. The highest BCUT2D eigenvalue weighted by atomic mass is 32.2. The lowest BCUT2D eigenvalue weighted by Crippen LogP contribution is -2.30. The van der Waals surface area contributed by atoms with Gasteiger partial charge in [-0.2, -0.15) is 0 Å². The van der Waals surface area contributed by atoms with Gasteiger partial charge in [0.15, 0.2) is 11.5 Å². The second kappa shape index (κ2) is 6.26. The summed E-state index contributed by atoms with van der Waals surface area (Å²) >= 11 is 1.31. The van der Waals surface area contributed by atoms with E-state index in [1.54, 1.807) is 4.90 Å². The number of hydrogen-bond donors (Lipinski definition) is 1. The molecule has 1 fully saturated rings. The molecule has 0 aliphatic carbocycles.